The van der Waals surface area contributed by atoms with Crippen LogP contribution >= 0.6 is 11.3 Å². The molecule has 5 rings (SSSR count). The van der Waals surface area contributed by atoms with Crippen LogP contribution in [0.1, 0.15) is 12.0 Å². The Labute approximate surface area is 183 Å². The van der Waals surface area contributed by atoms with Gasteiger partial charge in [-0.25, -0.2) is 8.42 Å². The first-order valence-corrected chi connectivity index (χ1v) is 12.4. The minimum Gasteiger partial charge on any atom is -0.308 e. The van der Waals surface area contributed by atoms with E-state index in [4.69, 9.17) is 0 Å². The number of aromatic nitrogens is 2. The number of anilines is 2. The minimum absolute atomic E-state index is 0.158. The number of amides is 1. The normalized spacial score (nSPS) is 15.4. The van der Waals surface area contributed by atoms with Gasteiger partial charge >= 0.3 is 0 Å². The van der Waals surface area contributed by atoms with Gasteiger partial charge in [0.15, 0.2) is 5.82 Å². The summed E-state index contributed by atoms with van der Waals surface area (Å²) in [5.41, 5.74) is 4.51. The molecule has 0 aliphatic carbocycles. The van der Waals surface area contributed by atoms with Gasteiger partial charge in [-0.1, -0.05) is 24.3 Å². The number of carbonyl (C=O) groups is 1. The Kier molecular flexibility index (Phi) is 4.99. The fraction of sp³-hybridized carbons (Fsp3) is 0.182. The lowest BCUT2D eigenvalue weighted by molar-refractivity contribution is -0.115. The maximum absolute atomic E-state index is 12.6. The van der Waals surface area contributed by atoms with Crippen molar-refractivity contribution in [1.82, 2.24) is 10.2 Å². The molecule has 3 heterocycles. The zero-order valence-corrected chi connectivity index (χ0v) is 18.2. The van der Waals surface area contributed by atoms with Gasteiger partial charge in [0.2, 0.25) is 15.9 Å². The fourth-order valence-electron chi connectivity index (χ4n) is 3.79. The average molecular weight is 453 g/mol. The number of nitrogens with one attached hydrogen (secondary N) is 2. The summed E-state index contributed by atoms with van der Waals surface area (Å²) in [6.07, 6.45) is 0.832. The van der Waals surface area contributed by atoms with Crippen molar-refractivity contribution in [2.75, 3.05) is 21.9 Å². The molecule has 0 radical (unpaired) electrons. The number of rotatable bonds is 5. The molecule has 2 aromatic heterocycles. The molecule has 0 bridgehead atoms. The zero-order valence-electron chi connectivity index (χ0n) is 16.5. The molecule has 1 saturated heterocycles. The number of nitrogens with zero attached hydrogens (tertiary/aromatic N) is 2. The second-order valence-corrected chi connectivity index (χ2v) is 10.3. The predicted octanol–water partition coefficient (Wildman–Crippen LogP) is 4.01. The Morgan fingerprint density at radius 2 is 1.97 bits per heavy atom. The van der Waals surface area contributed by atoms with Crippen molar-refractivity contribution in [1.29, 1.82) is 0 Å². The van der Waals surface area contributed by atoms with Crippen molar-refractivity contribution in [2.24, 2.45) is 0 Å². The van der Waals surface area contributed by atoms with Gasteiger partial charge in [-0.2, -0.15) is 16.4 Å². The van der Waals surface area contributed by atoms with Gasteiger partial charge in [0, 0.05) is 11.9 Å². The lowest BCUT2D eigenvalue weighted by Crippen LogP contribution is -2.24. The quantitative estimate of drug-likeness (QED) is 0.478. The van der Waals surface area contributed by atoms with E-state index < -0.39 is 10.0 Å². The molecular weight excluding hydrogens is 432 g/mol. The molecule has 0 spiro atoms. The molecule has 4 aromatic rings. The first kappa shape index (κ1) is 19.8. The van der Waals surface area contributed by atoms with Crippen LogP contribution in [0.25, 0.3) is 22.0 Å². The maximum Gasteiger partial charge on any atom is 0.235 e. The highest BCUT2D eigenvalue weighted by Crippen LogP contribution is 2.30. The second-order valence-electron chi connectivity index (χ2n) is 7.48. The molecule has 2 aromatic carbocycles. The summed E-state index contributed by atoms with van der Waals surface area (Å²) < 4.78 is 25.9. The number of carbonyl (C=O) groups excluding carboxylic acids is 1. The molecule has 9 heteroatoms. The van der Waals surface area contributed by atoms with Crippen LogP contribution in [-0.2, 0) is 21.2 Å². The highest BCUT2D eigenvalue weighted by atomic mass is 32.2. The van der Waals surface area contributed by atoms with Gasteiger partial charge in [0.05, 0.1) is 23.4 Å². The maximum atomic E-state index is 12.6. The van der Waals surface area contributed by atoms with E-state index in [9.17, 15) is 13.2 Å². The number of aromatic amines is 1. The highest BCUT2D eigenvalue weighted by Gasteiger charge is 2.28. The smallest absolute Gasteiger partial charge is 0.235 e. The van der Waals surface area contributed by atoms with Crippen LogP contribution in [0.5, 0.6) is 0 Å². The zero-order chi connectivity index (χ0) is 21.4. The largest absolute Gasteiger partial charge is 0.308 e. The third kappa shape index (κ3) is 3.94. The number of benzene rings is 2. The molecule has 1 aliphatic rings. The van der Waals surface area contributed by atoms with Gasteiger partial charge in [-0.15, -0.1) is 0 Å². The number of H-pyrrole nitrogens is 1. The van der Waals surface area contributed by atoms with Crippen LogP contribution in [0, 0.1) is 0 Å². The molecule has 2 N–H and O–H groups in total. The number of hydrogen-bond donors (Lipinski definition) is 2. The molecule has 1 amide bonds. The van der Waals surface area contributed by atoms with Crippen LogP contribution in [0.3, 0.4) is 0 Å². The van der Waals surface area contributed by atoms with Crippen molar-refractivity contribution in [3.8, 4) is 11.1 Å². The van der Waals surface area contributed by atoms with Crippen LogP contribution in [0.15, 0.2) is 59.3 Å². The number of sulfonamides is 1. The van der Waals surface area contributed by atoms with E-state index in [1.165, 1.54) is 9.87 Å². The Hall–Kier alpha value is -3.17. The number of hydrogen-bond acceptors (Lipinski definition) is 5. The van der Waals surface area contributed by atoms with E-state index in [1.54, 1.807) is 29.5 Å². The summed E-state index contributed by atoms with van der Waals surface area (Å²) in [7, 11) is -3.27. The van der Waals surface area contributed by atoms with E-state index in [0.717, 1.165) is 16.6 Å². The van der Waals surface area contributed by atoms with E-state index in [2.05, 4.69) is 27.0 Å². The van der Waals surface area contributed by atoms with Gasteiger partial charge in [-0.05, 0) is 58.1 Å². The first-order chi connectivity index (χ1) is 15.0. The lowest BCUT2D eigenvalue weighted by atomic mass is 10.1. The van der Waals surface area contributed by atoms with E-state index in [-0.39, 0.29) is 18.1 Å². The SMILES string of the molecule is O=C(Cc1ccc(-c2ccsc2)cc1)Nc1n[nH]c2ccc(N3CCCS3(=O)=O)cc12. The Balaban J connectivity index is 1.33. The Morgan fingerprint density at radius 1 is 1.13 bits per heavy atom. The summed E-state index contributed by atoms with van der Waals surface area (Å²) in [4.78, 5) is 12.6. The Morgan fingerprint density at radius 3 is 2.68 bits per heavy atom. The third-order valence-electron chi connectivity index (χ3n) is 5.36. The molecule has 1 fully saturated rings. The third-order valence-corrected chi connectivity index (χ3v) is 7.92. The summed E-state index contributed by atoms with van der Waals surface area (Å²) >= 11 is 1.65. The Bertz CT molecular complexity index is 1340. The summed E-state index contributed by atoms with van der Waals surface area (Å²) in [6, 6.07) is 15.3. The number of thiophene rings is 1. The molecule has 0 saturated carbocycles. The monoisotopic (exact) mass is 452 g/mol. The lowest BCUT2D eigenvalue weighted by Gasteiger charge is -2.16. The standard InChI is InChI=1S/C22H20N4O3S2/c27-21(12-15-2-4-16(5-3-15)17-8-10-30-14-17)23-22-19-13-18(6-7-20(19)24-25-22)26-9-1-11-31(26,28)29/h2-8,10,13-14H,1,9,11-12H2,(H2,23,24,25,27). The van der Waals surface area contributed by atoms with Gasteiger partial charge in [-0.3, -0.25) is 14.2 Å². The molecular formula is C22H20N4O3S2. The highest BCUT2D eigenvalue weighted by molar-refractivity contribution is 7.93. The van der Waals surface area contributed by atoms with Gasteiger partial charge in [0.25, 0.3) is 0 Å². The van der Waals surface area contributed by atoms with Crippen molar-refractivity contribution < 1.29 is 13.2 Å². The van der Waals surface area contributed by atoms with E-state index in [0.29, 0.717) is 29.9 Å². The first-order valence-electron chi connectivity index (χ1n) is 9.89. The molecule has 31 heavy (non-hydrogen) atoms. The number of fused-ring (bicyclic) bond motifs is 1. The fourth-order valence-corrected chi connectivity index (χ4v) is 6.01. The van der Waals surface area contributed by atoms with Crippen molar-refractivity contribution >= 4 is 49.7 Å². The van der Waals surface area contributed by atoms with Gasteiger partial charge < -0.3 is 5.32 Å². The predicted molar refractivity (Wildman–Crippen MR) is 124 cm³/mol. The van der Waals surface area contributed by atoms with Gasteiger partial charge in [0.1, 0.15) is 0 Å². The second kappa shape index (κ2) is 7.82. The van der Waals surface area contributed by atoms with Crippen molar-refractivity contribution in [3.05, 3.63) is 64.9 Å². The van der Waals surface area contributed by atoms with Crippen LogP contribution in [0.4, 0.5) is 11.5 Å². The summed E-state index contributed by atoms with van der Waals surface area (Å²) in [6.45, 7) is 0.467. The van der Waals surface area contributed by atoms with E-state index in [1.807, 2.05) is 29.6 Å². The molecule has 0 atom stereocenters. The van der Waals surface area contributed by atoms with Crippen LogP contribution < -0.4 is 9.62 Å². The van der Waals surface area contributed by atoms with E-state index >= 15 is 0 Å². The molecule has 7 nitrogen and oxygen atoms in total. The molecule has 1 aliphatic heterocycles. The summed E-state index contributed by atoms with van der Waals surface area (Å²) in [5.74, 6) is 0.370. The topological polar surface area (TPSA) is 95.2 Å². The minimum atomic E-state index is -3.27. The van der Waals surface area contributed by atoms with Crippen LogP contribution in [0.2, 0.25) is 0 Å². The van der Waals surface area contributed by atoms with Crippen LogP contribution in [-0.4, -0.2) is 36.8 Å². The van der Waals surface area contributed by atoms with Crippen molar-refractivity contribution in [3.63, 3.8) is 0 Å². The summed E-state index contributed by atoms with van der Waals surface area (Å²) in [5, 5.41) is 14.7. The van der Waals surface area contributed by atoms with Crippen molar-refractivity contribution in [2.45, 2.75) is 12.8 Å². The average Bonchev–Trinajstić information content (AvgIpc) is 3.49. The molecule has 0 unspecified atom stereocenters. The molecule has 158 valence electrons.